The predicted molar refractivity (Wildman–Crippen MR) is 92.8 cm³/mol. The molecule has 8 heteroatoms. The van der Waals surface area contributed by atoms with Crippen molar-refractivity contribution in [3.8, 4) is 0 Å². The lowest BCUT2D eigenvalue weighted by atomic mass is 10.2. The number of amides is 1. The number of rotatable bonds is 7. The summed E-state index contributed by atoms with van der Waals surface area (Å²) in [6.07, 6.45) is 7.77. The van der Waals surface area contributed by atoms with E-state index in [1.54, 1.807) is 19.0 Å². The second-order valence-corrected chi connectivity index (χ2v) is 6.62. The van der Waals surface area contributed by atoms with E-state index < -0.39 is 0 Å². The van der Waals surface area contributed by atoms with Gasteiger partial charge >= 0.3 is 0 Å². The molecule has 1 atom stereocenters. The van der Waals surface area contributed by atoms with Gasteiger partial charge in [0, 0.05) is 58.2 Å². The summed E-state index contributed by atoms with van der Waals surface area (Å²) in [6.45, 7) is 6.12. The van der Waals surface area contributed by atoms with Crippen LogP contribution >= 0.6 is 0 Å². The lowest BCUT2D eigenvalue weighted by molar-refractivity contribution is -0.134. The lowest BCUT2D eigenvalue weighted by Gasteiger charge is -2.34. The molecule has 2 aromatic rings. The van der Waals surface area contributed by atoms with Crippen LogP contribution in [0.5, 0.6) is 0 Å². The van der Waals surface area contributed by atoms with Crippen LogP contribution in [0.2, 0.25) is 0 Å². The molecule has 0 saturated carbocycles. The van der Waals surface area contributed by atoms with Crippen molar-refractivity contribution in [2.75, 3.05) is 33.9 Å². The van der Waals surface area contributed by atoms with E-state index in [0.717, 1.165) is 26.2 Å². The van der Waals surface area contributed by atoms with E-state index in [4.69, 9.17) is 4.74 Å². The molecule has 0 fully saturated rings. The van der Waals surface area contributed by atoms with Gasteiger partial charge in [-0.1, -0.05) is 0 Å². The van der Waals surface area contributed by atoms with Crippen LogP contribution in [0.15, 0.2) is 24.9 Å². The lowest BCUT2D eigenvalue weighted by Crippen LogP contribution is -2.39. The van der Waals surface area contributed by atoms with Gasteiger partial charge in [-0.15, -0.1) is 0 Å². The van der Waals surface area contributed by atoms with Crippen molar-refractivity contribution in [2.45, 2.75) is 32.6 Å². The Balaban J connectivity index is 1.61. The Morgan fingerprint density at radius 1 is 1.40 bits per heavy atom. The molecule has 1 aliphatic rings. The fourth-order valence-corrected chi connectivity index (χ4v) is 3.05. The Bertz CT molecular complexity index is 708. The zero-order valence-corrected chi connectivity index (χ0v) is 15.1. The van der Waals surface area contributed by atoms with Crippen molar-refractivity contribution < 1.29 is 9.53 Å². The summed E-state index contributed by atoms with van der Waals surface area (Å²) in [4.78, 5) is 19.9. The third-order valence-electron chi connectivity index (χ3n) is 4.45. The molecule has 0 saturated heterocycles. The third kappa shape index (κ3) is 4.26. The molecule has 1 unspecified atom stereocenters. The number of hydrogen-bond donors (Lipinski definition) is 0. The summed E-state index contributed by atoms with van der Waals surface area (Å²) in [7, 11) is 3.47. The Morgan fingerprint density at radius 2 is 2.24 bits per heavy atom. The van der Waals surface area contributed by atoms with Gasteiger partial charge in [0.2, 0.25) is 5.91 Å². The number of imidazole rings is 1. The summed E-state index contributed by atoms with van der Waals surface area (Å²) < 4.78 is 9.76. The number of ether oxygens (including phenoxy) is 1. The van der Waals surface area contributed by atoms with Gasteiger partial charge in [0.15, 0.2) is 0 Å². The van der Waals surface area contributed by atoms with Gasteiger partial charge in [0.25, 0.3) is 0 Å². The first-order valence-corrected chi connectivity index (χ1v) is 8.59. The van der Waals surface area contributed by atoms with Crippen LogP contribution in [0.1, 0.15) is 24.2 Å². The largest absolute Gasteiger partial charge is 0.369 e. The van der Waals surface area contributed by atoms with Crippen LogP contribution < -0.4 is 0 Å². The maximum absolute atomic E-state index is 11.7. The van der Waals surface area contributed by atoms with Crippen molar-refractivity contribution in [2.24, 2.45) is 0 Å². The predicted octanol–water partition coefficient (Wildman–Crippen LogP) is 0.761. The van der Waals surface area contributed by atoms with E-state index in [1.807, 2.05) is 23.4 Å². The average molecular weight is 346 g/mol. The summed E-state index contributed by atoms with van der Waals surface area (Å²) in [5.74, 6) is -0.0227. The second kappa shape index (κ2) is 7.79. The summed E-state index contributed by atoms with van der Waals surface area (Å²) in [6, 6.07) is 0.155. The summed E-state index contributed by atoms with van der Waals surface area (Å²) in [5.41, 5.74) is 2.37. The van der Waals surface area contributed by atoms with Crippen LogP contribution in [-0.2, 0) is 29.2 Å². The van der Waals surface area contributed by atoms with Gasteiger partial charge in [0.1, 0.15) is 6.61 Å². The van der Waals surface area contributed by atoms with Gasteiger partial charge in [0.05, 0.1) is 30.9 Å². The van der Waals surface area contributed by atoms with Gasteiger partial charge in [-0.05, 0) is 6.92 Å². The monoisotopic (exact) mass is 346 g/mol. The van der Waals surface area contributed by atoms with Crippen LogP contribution in [0.25, 0.3) is 0 Å². The highest BCUT2D eigenvalue weighted by atomic mass is 16.5. The summed E-state index contributed by atoms with van der Waals surface area (Å²) in [5, 5.41) is 4.34. The van der Waals surface area contributed by atoms with Gasteiger partial charge < -0.3 is 14.2 Å². The van der Waals surface area contributed by atoms with Crippen molar-refractivity contribution >= 4 is 5.91 Å². The molecular weight excluding hydrogens is 320 g/mol. The van der Waals surface area contributed by atoms with Crippen molar-refractivity contribution in [1.82, 2.24) is 29.1 Å². The zero-order chi connectivity index (χ0) is 17.8. The Hall–Kier alpha value is -2.19. The molecule has 8 nitrogen and oxygen atoms in total. The number of carbonyl (C=O) groups is 1. The number of hydrogen-bond acceptors (Lipinski definition) is 5. The van der Waals surface area contributed by atoms with Crippen molar-refractivity contribution in [3.63, 3.8) is 0 Å². The smallest absolute Gasteiger partial charge is 0.248 e. The Labute approximate surface area is 148 Å². The quantitative estimate of drug-likeness (QED) is 0.740. The SMILES string of the molecule is CCn1cc(CN2Cc3cncn3C(COCC(=O)N(C)C)C2)cn1. The molecule has 3 heterocycles. The number of aryl methyl sites for hydroxylation is 1. The fourth-order valence-electron chi connectivity index (χ4n) is 3.05. The van der Waals surface area contributed by atoms with Crippen molar-refractivity contribution in [1.29, 1.82) is 0 Å². The maximum atomic E-state index is 11.7. The number of nitrogens with zero attached hydrogens (tertiary/aromatic N) is 6. The van der Waals surface area contributed by atoms with Crippen LogP contribution in [0.3, 0.4) is 0 Å². The van der Waals surface area contributed by atoms with Crippen molar-refractivity contribution in [3.05, 3.63) is 36.2 Å². The van der Waals surface area contributed by atoms with E-state index in [-0.39, 0.29) is 18.6 Å². The highest BCUT2D eigenvalue weighted by Gasteiger charge is 2.25. The molecule has 0 N–H and O–H groups in total. The van der Waals surface area contributed by atoms with Crippen LogP contribution in [-0.4, -0.2) is 68.9 Å². The molecule has 0 spiro atoms. The molecule has 25 heavy (non-hydrogen) atoms. The molecule has 1 aliphatic heterocycles. The standard InChI is InChI=1S/C17H26N6O2/c1-4-22-8-14(5-19-22)7-21-9-15-6-18-13-23(15)16(10-21)11-25-12-17(24)20(2)3/h5-6,8,13,16H,4,7,9-12H2,1-3H3. The number of fused-ring (bicyclic) bond motifs is 1. The molecule has 3 rings (SSSR count). The van der Waals surface area contributed by atoms with E-state index in [1.165, 1.54) is 11.3 Å². The van der Waals surface area contributed by atoms with Gasteiger partial charge in [-0.2, -0.15) is 5.10 Å². The van der Waals surface area contributed by atoms with Crippen LogP contribution in [0, 0.1) is 0 Å². The van der Waals surface area contributed by atoms with Gasteiger partial charge in [-0.3, -0.25) is 14.4 Å². The first-order chi connectivity index (χ1) is 12.1. The van der Waals surface area contributed by atoms with Gasteiger partial charge in [-0.25, -0.2) is 4.98 Å². The minimum Gasteiger partial charge on any atom is -0.369 e. The second-order valence-electron chi connectivity index (χ2n) is 6.62. The molecule has 2 aromatic heterocycles. The number of carbonyl (C=O) groups excluding carboxylic acids is 1. The van der Waals surface area contributed by atoms with E-state index >= 15 is 0 Å². The van der Waals surface area contributed by atoms with E-state index in [0.29, 0.717) is 6.61 Å². The topological polar surface area (TPSA) is 68.4 Å². The van der Waals surface area contributed by atoms with E-state index in [2.05, 4.69) is 32.7 Å². The molecule has 0 radical (unpaired) electrons. The highest BCUT2D eigenvalue weighted by molar-refractivity contribution is 5.76. The number of likely N-dealkylation sites (N-methyl/N-ethyl adjacent to an activating group) is 1. The molecule has 0 aromatic carbocycles. The number of aromatic nitrogens is 4. The first-order valence-electron chi connectivity index (χ1n) is 8.59. The molecule has 136 valence electrons. The average Bonchev–Trinajstić information content (AvgIpc) is 3.23. The molecule has 0 bridgehead atoms. The molecule has 0 aliphatic carbocycles. The highest BCUT2D eigenvalue weighted by Crippen LogP contribution is 2.22. The molecule has 1 amide bonds. The Kier molecular flexibility index (Phi) is 5.50. The Morgan fingerprint density at radius 3 is 2.96 bits per heavy atom. The maximum Gasteiger partial charge on any atom is 0.248 e. The molecular formula is C17H26N6O2. The van der Waals surface area contributed by atoms with Crippen LogP contribution in [0.4, 0.5) is 0 Å². The van der Waals surface area contributed by atoms with E-state index in [9.17, 15) is 4.79 Å². The zero-order valence-electron chi connectivity index (χ0n) is 15.1. The fraction of sp³-hybridized carbons (Fsp3) is 0.588. The summed E-state index contributed by atoms with van der Waals surface area (Å²) >= 11 is 0. The third-order valence-corrected chi connectivity index (χ3v) is 4.45. The normalized spacial score (nSPS) is 17.5. The minimum atomic E-state index is -0.0227. The first kappa shape index (κ1) is 17.6. The minimum absolute atomic E-state index is 0.0227.